The maximum atomic E-state index is 10.0. The Balaban J connectivity index is 2.41. The molecule has 1 aliphatic rings. The predicted molar refractivity (Wildman–Crippen MR) is 69.4 cm³/mol. The summed E-state index contributed by atoms with van der Waals surface area (Å²) in [6.07, 6.45) is 3.60. The molecule has 3 rings (SSSR count). The second-order valence-corrected chi connectivity index (χ2v) is 4.07. The molecule has 0 amide bonds. The van der Waals surface area contributed by atoms with Gasteiger partial charge in [0.2, 0.25) is 0 Å². The molecule has 0 aromatic heterocycles. The lowest BCUT2D eigenvalue weighted by Crippen LogP contribution is -2.23. The second kappa shape index (κ2) is 3.59. The molecule has 0 fully saturated rings. The minimum atomic E-state index is 0.259. The maximum Gasteiger partial charge on any atom is 0.124 e. The average molecular weight is 221 g/mol. The number of benzene rings is 2. The van der Waals surface area contributed by atoms with Crippen LogP contribution in [0.1, 0.15) is 0 Å². The van der Waals surface area contributed by atoms with Gasteiger partial charge in [-0.25, -0.2) is 0 Å². The van der Waals surface area contributed by atoms with Crippen molar-refractivity contribution in [3.8, 4) is 16.9 Å². The van der Waals surface area contributed by atoms with E-state index in [-0.39, 0.29) is 5.75 Å². The molecule has 1 aliphatic carbocycles. The average Bonchev–Trinajstić information content (AvgIpc) is 2.70. The van der Waals surface area contributed by atoms with Gasteiger partial charge in [0.05, 0.1) is 5.71 Å². The summed E-state index contributed by atoms with van der Waals surface area (Å²) < 4.78 is 0. The van der Waals surface area contributed by atoms with Crippen molar-refractivity contribution in [1.29, 1.82) is 5.41 Å². The summed E-state index contributed by atoms with van der Waals surface area (Å²) in [7, 11) is 0. The first-order valence-corrected chi connectivity index (χ1v) is 5.45. The largest absolute Gasteiger partial charge is 0.507 e. The van der Waals surface area contributed by atoms with Crippen molar-refractivity contribution in [1.82, 2.24) is 0 Å². The summed E-state index contributed by atoms with van der Waals surface area (Å²) in [6.45, 7) is 0. The normalized spacial score (nSPS) is 12.8. The van der Waals surface area contributed by atoms with E-state index in [1.54, 1.807) is 18.2 Å². The van der Waals surface area contributed by atoms with Gasteiger partial charge in [0, 0.05) is 5.56 Å². The molecule has 0 spiro atoms. The third-order valence-corrected chi connectivity index (χ3v) is 2.93. The van der Waals surface area contributed by atoms with Crippen LogP contribution in [-0.4, -0.2) is 10.8 Å². The molecule has 2 heteroatoms. The van der Waals surface area contributed by atoms with Gasteiger partial charge in [-0.05, 0) is 34.2 Å². The molecule has 0 unspecified atom stereocenters. The molecule has 2 aromatic rings. The summed E-state index contributed by atoms with van der Waals surface area (Å²) in [5.74, 6) is 0.259. The van der Waals surface area contributed by atoms with E-state index >= 15 is 0 Å². The van der Waals surface area contributed by atoms with Crippen molar-refractivity contribution in [3.63, 3.8) is 0 Å². The highest BCUT2D eigenvalue weighted by Gasteiger charge is 2.10. The van der Waals surface area contributed by atoms with Crippen LogP contribution in [0.5, 0.6) is 5.75 Å². The van der Waals surface area contributed by atoms with Gasteiger partial charge >= 0.3 is 0 Å². The van der Waals surface area contributed by atoms with E-state index in [2.05, 4.69) is 0 Å². The van der Waals surface area contributed by atoms with Crippen molar-refractivity contribution in [2.45, 2.75) is 0 Å². The Morgan fingerprint density at radius 3 is 2.41 bits per heavy atom. The first-order valence-electron chi connectivity index (χ1n) is 5.45. The van der Waals surface area contributed by atoms with Crippen LogP contribution < -0.4 is 10.4 Å². The molecule has 0 radical (unpaired) electrons. The van der Waals surface area contributed by atoms with Crippen LogP contribution in [0.15, 0.2) is 42.5 Å². The molecule has 0 heterocycles. The lowest BCUT2D eigenvalue weighted by atomic mass is 10.0. The number of phenolic OH excluding ortho intramolecular Hbond substituents is 1. The zero-order valence-corrected chi connectivity index (χ0v) is 9.14. The fourth-order valence-corrected chi connectivity index (χ4v) is 2.18. The Bertz CT molecular complexity index is 715. The molecular formula is C15H11NO. The van der Waals surface area contributed by atoms with Crippen LogP contribution in [0.25, 0.3) is 23.3 Å². The number of rotatable bonds is 1. The molecule has 0 saturated heterocycles. The highest BCUT2D eigenvalue weighted by atomic mass is 16.3. The molecular weight excluding hydrogens is 210 g/mol. The molecule has 0 aliphatic heterocycles. The molecule has 17 heavy (non-hydrogen) atoms. The first kappa shape index (κ1) is 9.85. The SMILES string of the molecule is N=C1C=c2ccc(O)c(-c3ccccc3)c2=C1. The quantitative estimate of drug-likeness (QED) is 0.755. The smallest absolute Gasteiger partial charge is 0.124 e. The van der Waals surface area contributed by atoms with E-state index in [0.717, 1.165) is 21.6 Å². The number of phenols is 1. The number of hydrogen-bond donors (Lipinski definition) is 2. The fraction of sp³-hybridized carbons (Fsp3) is 0. The van der Waals surface area contributed by atoms with E-state index in [0.29, 0.717) is 5.71 Å². The van der Waals surface area contributed by atoms with Crippen LogP contribution in [-0.2, 0) is 0 Å². The Morgan fingerprint density at radius 2 is 1.65 bits per heavy atom. The van der Waals surface area contributed by atoms with E-state index in [9.17, 15) is 5.11 Å². The molecule has 82 valence electrons. The number of aromatic hydroxyl groups is 1. The van der Waals surface area contributed by atoms with Crippen molar-refractivity contribution in [3.05, 3.63) is 52.9 Å². The maximum absolute atomic E-state index is 10.0. The lowest BCUT2D eigenvalue weighted by Gasteiger charge is -2.05. The van der Waals surface area contributed by atoms with Gasteiger partial charge in [0.1, 0.15) is 5.75 Å². The van der Waals surface area contributed by atoms with Crippen LogP contribution in [0.2, 0.25) is 0 Å². The Kier molecular flexibility index (Phi) is 2.08. The summed E-state index contributed by atoms with van der Waals surface area (Å²) >= 11 is 0. The fourth-order valence-electron chi connectivity index (χ4n) is 2.18. The third-order valence-electron chi connectivity index (χ3n) is 2.93. The zero-order chi connectivity index (χ0) is 11.8. The topological polar surface area (TPSA) is 44.1 Å². The molecule has 2 N–H and O–H groups in total. The first-order chi connectivity index (χ1) is 8.25. The standard InChI is InChI=1S/C15H11NO/c16-12-8-11-6-7-14(17)15(13(11)9-12)10-4-2-1-3-5-10/h1-9,16-17H. The van der Waals surface area contributed by atoms with Gasteiger partial charge in [0.25, 0.3) is 0 Å². The van der Waals surface area contributed by atoms with Gasteiger partial charge in [-0.15, -0.1) is 0 Å². The van der Waals surface area contributed by atoms with Crippen molar-refractivity contribution < 1.29 is 5.11 Å². The minimum Gasteiger partial charge on any atom is -0.507 e. The molecule has 0 bridgehead atoms. The predicted octanol–water partition coefficient (Wildman–Crippen LogP) is 1.65. The highest BCUT2D eigenvalue weighted by molar-refractivity contribution is 6.28. The van der Waals surface area contributed by atoms with E-state index < -0.39 is 0 Å². The van der Waals surface area contributed by atoms with E-state index in [4.69, 9.17) is 5.41 Å². The molecule has 0 atom stereocenters. The number of nitrogens with one attached hydrogen (secondary N) is 1. The monoisotopic (exact) mass is 221 g/mol. The van der Waals surface area contributed by atoms with E-state index in [1.165, 1.54) is 0 Å². The highest BCUT2D eigenvalue weighted by Crippen LogP contribution is 2.24. The van der Waals surface area contributed by atoms with Crippen LogP contribution >= 0.6 is 0 Å². The zero-order valence-electron chi connectivity index (χ0n) is 9.14. The number of hydrogen-bond acceptors (Lipinski definition) is 2. The molecule has 2 aromatic carbocycles. The minimum absolute atomic E-state index is 0.259. The molecule has 2 nitrogen and oxygen atoms in total. The van der Waals surface area contributed by atoms with Crippen LogP contribution in [0.3, 0.4) is 0 Å². The Hall–Kier alpha value is -2.35. The van der Waals surface area contributed by atoms with Crippen molar-refractivity contribution >= 4 is 17.9 Å². The summed E-state index contributed by atoms with van der Waals surface area (Å²) in [5.41, 5.74) is 2.26. The van der Waals surface area contributed by atoms with Gasteiger partial charge in [-0.1, -0.05) is 36.4 Å². The van der Waals surface area contributed by atoms with Gasteiger partial charge in [-0.3, -0.25) is 0 Å². The Morgan fingerprint density at radius 1 is 0.882 bits per heavy atom. The third kappa shape index (κ3) is 1.54. The lowest BCUT2D eigenvalue weighted by molar-refractivity contribution is 0.477. The van der Waals surface area contributed by atoms with E-state index in [1.807, 2.05) is 36.4 Å². The molecule has 0 saturated carbocycles. The van der Waals surface area contributed by atoms with Gasteiger partial charge in [-0.2, -0.15) is 0 Å². The summed E-state index contributed by atoms with van der Waals surface area (Å²) in [4.78, 5) is 0. The van der Waals surface area contributed by atoms with Crippen LogP contribution in [0.4, 0.5) is 0 Å². The number of fused-ring (bicyclic) bond motifs is 1. The summed E-state index contributed by atoms with van der Waals surface area (Å²) in [5, 5.41) is 19.6. The summed E-state index contributed by atoms with van der Waals surface area (Å²) in [6, 6.07) is 13.3. The van der Waals surface area contributed by atoms with Crippen LogP contribution in [0, 0.1) is 5.41 Å². The Labute approximate surface area is 98.7 Å². The van der Waals surface area contributed by atoms with Gasteiger partial charge < -0.3 is 10.5 Å². The van der Waals surface area contributed by atoms with Crippen molar-refractivity contribution in [2.24, 2.45) is 0 Å². The van der Waals surface area contributed by atoms with Gasteiger partial charge in [0.15, 0.2) is 0 Å². The van der Waals surface area contributed by atoms with Crippen molar-refractivity contribution in [2.75, 3.05) is 0 Å². The second-order valence-electron chi connectivity index (χ2n) is 4.07.